The minimum absolute atomic E-state index is 0.0596. The average Bonchev–Trinajstić information content (AvgIpc) is 2.71. The van der Waals surface area contributed by atoms with Crippen LogP contribution in [0.2, 0.25) is 0 Å². The molecule has 7 heteroatoms. The third-order valence-corrected chi connectivity index (χ3v) is 4.98. The van der Waals surface area contributed by atoms with Crippen LogP contribution in [-0.2, 0) is 13.8 Å². The van der Waals surface area contributed by atoms with Gasteiger partial charge in [-0.05, 0) is 24.6 Å². The lowest BCUT2D eigenvalue weighted by Crippen LogP contribution is -2.27. The van der Waals surface area contributed by atoms with E-state index in [-0.39, 0.29) is 18.9 Å². The van der Waals surface area contributed by atoms with E-state index < -0.39 is 14.3 Å². The standard InChI is InChI=1S/C12H14ClNO4S/c1-8-3-4-10(11(5-8)18-2)14-7-9(6-12(14)15)19(13,16)17/h3-5,9H,6-7H2,1-2H3. The summed E-state index contributed by atoms with van der Waals surface area (Å²) in [6.45, 7) is 1.97. The first-order chi connectivity index (χ1) is 8.82. The Kier molecular flexibility index (Phi) is 3.73. The number of methoxy groups -OCH3 is 1. The Morgan fingerprint density at radius 2 is 2.11 bits per heavy atom. The Bertz CT molecular complexity index is 614. The number of amides is 1. The van der Waals surface area contributed by atoms with Crippen LogP contribution in [0.3, 0.4) is 0 Å². The summed E-state index contributed by atoms with van der Waals surface area (Å²) >= 11 is 0. The van der Waals surface area contributed by atoms with Gasteiger partial charge in [0.1, 0.15) is 11.0 Å². The molecule has 0 N–H and O–H groups in total. The minimum Gasteiger partial charge on any atom is -0.495 e. The van der Waals surface area contributed by atoms with Crippen molar-refractivity contribution in [2.75, 3.05) is 18.6 Å². The Labute approximate surface area is 116 Å². The molecule has 0 aliphatic carbocycles. The molecule has 19 heavy (non-hydrogen) atoms. The van der Waals surface area contributed by atoms with Crippen LogP contribution < -0.4 is 9.64 Å². The number of aryl methyl sites for hydroxylation is 1. The van der Waals surface area contributed by atoms with E-state index in [0.29, 0.717) is 11.4 Å². The number of hydrogen-bond acceptors (Lipinski definition) is 4. The summed E-state index contributed by atoms with van der Waals surface area (Å²) in [5, 5.41) is -0.868. The van der Waals surface area contributed by atoms with Crippen molar-refractivity contribution in [2.45, 2.75) is 18.6 Å². The highest BCUT2D eigenvalue weighted by Crippen LogP contribution is 2.34. The second-order valence-electron chi connectivity index (χ2n) is 4.48. The van der Waals surface area contributed by atoms with Crippen molar-refractivity contribution in [1.29, 1.82) is 0 Å². The maximum Gasteiger partial charge on any atom is 0.237 e. The van der Waals surface area contributed by atoms with Gasteiger partial charge in [-0.1, -0.05) is 6.07 Å². The van der Waals surface area contributed by atoms with E-state index in [4.69, 9.17) is 15.4 Å². The number of carbonyl (C=O) groups is 1. The SMILES string of the molecule is COc1cc(C)ccc1N1CC(S(=O)(=O)Cl)CC1=O. The van der Waals surface area contributed by atoms with Gasteiger partial charge in [0.05, 0.1) is 12.8 Å². The summed E-state index contributed by atoms with van der Waals surface area (Å²) < 4.78 is 27.9. The summed E-state index contributed by atoms with van der Waals surface area (Å²) in [5.74, 6) is 0.275. The highest BCUT2D eigenvalue weighted by molar-refractivity contribution is 8.14. The highest BCUT2D eigenvalue weighted by Gasteiger charge is 2.38. The number of anilines is 1. The first-order valence-electron chi connectivity index (χ1n) is 5.71. The maximum atomic E-state index is 11.9. The molecule has 0 aromatic heterocycles. The number of rotatable bonds is 3. The maximum absolute atomic E-state index is 11.9. The van der Waals surface area contributed by atoms with Gasteiger partial charge in [-0.15, -0.1) is 0 Å². The van der Waals surface area contributed by atoms with Crippen molar-refractivity contribution in [3.05, 3.63) is 23.8 Å². The zero-order valence-corrected chi connectivity index (χ0v) is 12.2. The van der Waals surface area contributed by atoms with Crippen LogP contribution in [0.1, 0.15) is 12.0 Å². The van der Waals surface area contributed by atoms with Gasteiger partial charge in [-0.25, -0.2) is 8.42 Å². The first-order valence-corrected chi connectivity index (χ1v) is 8.08. The Hall–Kier alpha value is -1.27. The molecule has 1 aliphatic rings. The molecule has 1 amide bonds. The molecule has 0 radical (unpaired) electrons. The fourth-order valence-corrected chi connectivity index (χ4v) is 3.13. The van der Waals surface area contributed by atoms with Crippen LogP contribution in [0, 0.1) is 6.92 Å². The number of hydrogen-bond donors (Lipinski definition) is 0. The van der Waals surface area contributed by atoms with Crippen LogP contribution in [0.25, 0.3) is 0 Å². The van der Waals surface area contributed by atoms with Gasteiger partial charge < -0.3 is 9.64 Å². The lowest BCUT2D eigenvalue weighted by Gasteiger charge is -2.19. The summed E-state index contributed by atoms with van der Waals surface area (Å²) in [7, 11) is 3.09. The van der Waals surface area contributed by atoms with Gasteiger partial charge in [0.2, 0.25) is 15.0 Å². The summed E-state index contributed by atoms with van der Waals surface area (Å²) in [6.07, 6.45) is -0.0944. The Morgan fingerprint density at radius 3 is 2.63 bits per heavy atom. The van der Waals surface area contributed by atoms with E-state index in [9.17, 15) is 13.2 Å². The molecule has 1 heterocycles. The predicted octanol–water partition coefficient (Wildman–Crippen LogP) is 1.68. The second kappa shape index (κ2) is 5.02. The van der Waals surface area contributed by atoms with Crippen molar-refractivity contribution < 1.29 is 17.9 Å². The van der Waals surface area contributed by atoms with Gasteiger partial charge in [0.15, 0.2) is 0 Å². The smallest absolute Gasteiger partial charge is 0.237 e. The Morgan fingerprint density at radius 1 is 1.42 bits per heavy atom. The van der Waals surface area contributed by atoms with E-state index in [1.165, 1.54) is 12.0 Å². The molecule has 0 spiro atoms. The normalized spacial score (nSPS) is 19.8. The first kappa shape index (κ1) is 14.1. The largest absolute Gasteiger partial charge is 0.495 e. The Balaban J connectivity index is 2.36. The van der Waals surface area contributed by atoms with Crippen molar-refractivity contribution in [2.24, 2.45) is 0 Å². The minimum atomic E-state index is -3.74. The topological polar surface area (TPSA) is 63.7 Å². The quantitative estimate of drug-likeness (QED) is 0.797. The van der Waals surface area contributed by atoms with Crippen LogP contribution in [-0.4, -0.2) is 33.2 Å². The van der Waals surface area contributed by atoms with E-state index in [2.05, 4.69) is 0 Å². The molecule has 1 unspecified atom stereocenters. The van der Waals surface area contributed by atoms with Gasteiger partial charge in [0, 0.05) is 23.6 Å². The van der Waals surface area contributed by atoms with Crippen LogP contribution in [0.4, 0.5) is 5.69 Å². The number of nitrogens with zero attached hydrogens (tertiary/aromatic N) is 1. The molecule has 1 fully saturated rings. The molecule has 1 aromatic carbocycles. The van der Waals surface area contributed by atoms with Crippen LogP contribution in [0.15, 0.2) is 18.2 Å². The zero-order valence-electron chi connectivity index (χ0n) is 10.6. The third-order valence-electron chi connectivity index (χ3n) is 3.11. The third kappa shape index (κ3) is 2.84. The average molecular weight is 304 g/mol. The van der Waals surface area contributed by atoms with Crippen LogP contribution >= 0.6 is 10.7 Å². The molecule has 2 rings (SSSR count). The number of halogens is 1. The fraction of sp³-hybridized carbons (Fsp3) is 0.417. The summed E-state index contributed by atoms with van der Waals surface area (Å²) in [5.41, 5.74) is 1.56. The number of carbonyl (C=O) groups excluding carboxylic acids is 1. The number of ether oxygens (including phenoxy) is 1. The van der Waals surface area contributed by atoms with Crippen molar-refractivity contribution in [3.63, 3.8) is 0 Å². The second-order valence-corrected chi connectivity index (χ2v) is 7.39. The summed E-state index contributed by atoms with van der Waals surface area (Å²) in [6, 6.07) is 5.38. The highest BCUT2D eigenvalue weighted by atomic mass is 35.7. The zero-order chi connectivity index (χ0) is 14.2. The molecule has 1 saturated heterocycles. The molecule has 1 atom stereocenters. The van der Waals surface area contributed by atoms with E-state index in [0.717, 1.165) is 5.56 Å². The molecule has 0 bridgehead atoms. The lowest BCUT2D eigenvalue weighted by molar-refractivity contribution is -0.117. The molecule has 1 aromatic rings. The van der Waals surface area contributed by atoms with Crippen molar-refractivity contribution in [1.82, 2.24) is 0 Å². The van der Waals surface area contributed by atoms with E-state index in [1.54, 1.807) is 12.1 Å². The molecule has 104 valence electrons. The van der Waals surface area contributed by atoms with Crippen LogP contribution in [0.5, 0.6) is 5.75 Å². The van der Waals surface area contributed by atoms with Crippen molar-refractivity contribution in [3.8, 4) is 5.75 Å². The van der Waals surface area contributed by atoms with E-state index in [1.807, 2.05) is 13.0 Å². The number of benzene rings is 1. The molecular weight excluding hydrogens is 290 g/mol. The van der Waals surface area contributed by atoms with Gasteiger partial charge in [-0.3, -0.25) is 4.79 Å². The summed E-state index contributed by atoms with van der Waals surface area (Å²) in [4.78, 5) is 13.3. The predicted molar refractivity (Wildman–Crippen MR) is 73.3 cm³/mol. The molecule has 0 saturated carbocycles. The van der Waals surface area contributed by atoms with Gasteiger partial charge in [-0.2, -0.15) is 0 Å². The van der Waals surface area contributed by atoms with Gasteiger partial charge >= 0.3 is 0 Å². The molecule has 1 aliphatic heterocycles. The molecular formula is C12H14ClNO4S. The monoisotopic (exact) mass is 303 g/mol. The van der Waals surface area contributed by atoms with E-state index >= 15 is 0 Å². The van der Waals surface area contributed by atoms with Crippen molar-refractivity contribution >= 4 is 31.3 Å². The molecule has 5 nitrogen and oxygen atoms in total. The lowest BCUT2D eigenvalue weighted by atomic mass is 10.2. The van der Waals surface area contributed by atoms with Gasteiger partial charge in [0.25, 0.3) is 0 Å². The fourth-order valence-electron chi connectivity index (χ4n) is 2.10.